The number of carbonyl (C=O) groups is 1. The largest absolute Gasteiger partial charge is 0.507 e. The third kappa shape index (κ3) is 3.08. The van der Waals surface area contributed by atoms with Gasteiger partial charge in [0.25, 0.3) is 5.91 Å². The maximum atomic E-state index is 12.9. The fourth-order valence-corrected chi connectivity index (χ4v) is 1.30. The topological polar surface area (TPSA) is 49.3 Å². The van der Waals surface area contributed by atoms with Crippen LogP contribution in [0.3, 0.4) is 0 Å². The van der Waals surface area contributed by atoms with Crippen molar-refractivity contribution < 1.29 is 14.3 Å². The second kappa shape index (κ2) is 5.30. The first-order chi connectivity index (χ1) is 7.54. The highest BCUT2D eigenvalue weighted by Crippen LogP contribution is 2.17. The van der Waals surface area contributed by atoms with Gasteiger partial charge in [0.1, 0.15) is 11.6 Å². The Kier molecular flexibility index (Phi) is 4.05. The third-order valence-electron chi connectivity index (χ3n) is 2.10. The van der Waals surface area contributed by atoms with Crippen molar-refractivity contribution in [3.8, 4) is 5.75 Å². The maximum absolute atomic E-state index is 12.9. The zero-order valence-corrected chi connectivity index (χ0v) is 9.03. The van der Waals surface area contributed by atoms with E-state index in [4.69, 9.17) is 0 Å². The Morgan fingerprint density at radius 3 is 3.00 bits per heavy atom. The molecule has 0 heterocycles. The van der Waals surface area contributed by atoms with Crippen molar-refractivity contribution in [2.45, 2.75) is 19.4 Å². The lowest BCUT2D eigenvalue weighted by Gasteiger charge is -2.12. The molecule has 1 amide bonds. The molecule has 3 nitrogen and oxygen atoms in total. The molecule has 0 spiro atoms. The summed E-state index contributed by atoms with van der Waals surface area (Å²) in [6.45, 7) is 5.35. The van der Waals surface area contributed by atoms with Crippen molar-refractivity contribution >= 4 is 5.91 Å². The number of benzene rings is 1. The molecular formula is C12H14FNO2. The first-order valence-corrected chi connectivity index (χ1v) is 4.95. The summed E-state index contributed by atoms with van der Waals surface area (Å²) in [7, 11) is 0. The number of phenolic OH excluding ortho intramolecular Hbond substituents is 1. The van der Waals surface area contributed by atoms with Crippen molar-refractivity contribution in [3.63, 3.8) is 0 Å². The van der Waals surface area contributed by atoms with E-state index in [9.17, 15) is 14.3 Å². The Labute approximate surface area is 93.6 Å². The number of amides is 1. The van der Waals surface area contributed by atoms with Gasteiger partial charge >= 0.3 is 0 Å². The van der Waals surface area contributed by atoms with Gasteiger partial charge in [0.05, 0.1) is 5.56 Å². The van der Waals surface area contributed by atoms with E-state index in [2.05, 4.69) is 11.9 Å². The molecule has 1 rings (SSSR count). The summed E-state index contributed by atoms with van der Waals surface area (Å²) < 4.78 is 12.9. The summed E-state index contributed by atoms with van der Waals surface area (Å²) in [6.07, 6.45) is 2.29. The zero-order valence-electron chi connectivity index (χ0n) is 9.03. The van der Waals surface area contributed by atoms with E-state index in [-0.39, 0.29) is 17.4 Å². The van der Waals surface area contributed by atoms with Gasteiger partial charge < -0.3 is 10.4 Å². The summed E-state index contributed by atoms with van der Waals surface area (Å²) >= 11 is 0. The van der Waals surface area contributed by atoms with Crippen LogP contribution in [-0.4, -0.2) is 17.1 Å². The third-order valence-corrected chi connectivity index (χ3v) is 2.10. The fourth-order valence-electron chi connectivity index (χ4n) is 1.30. The van der Waals surface area contributed by atoms with Crippen molar-refractivity contribution in [2.24, 2.45) is 0 Å². The van der Waals surface area contributed by atoms with Crippen molar-refractivity contribution in [1.82, 2.24) is 5.32 Å². The number of hydrogen-bond donors (Lipinski definition) is 2. The van der Waals surface area contributed by atoms with Gasteiger partial charge in [0, 0.05) is 6.04 Å². The molecule has 2 N–H and O–H groups in total. The van der Waals surface area contributed by atoms with Gasteiger partial charge in [-0.3, -0.25) is 4.79 Å². The molecule has 1 aromatic rings. The number of phenols is 1. The average molecular weight is 223 g/mol. The number of hydrogen-bond acceptors (Lipinski definition) is 2. The molecular weight excluding hydrogens is 209 g/mol. The van der Waals surface area contributed by atoms with E-state index < -0.39 is 11.7 Å². The number of carbonyl (C=O) groups excluding carboxylic acids is 1. The molecule has 1 unspecified atom stereocenters. The predicted molar refractivity (Wildman–Crippen MR) is 59.8 cm³/mol. The summed E-state index contributed by atoms with van der Waals surface area (Å²) in [6, 6.07) is 3.15. The summed E-state index contributed by atoms with van der Waals surface area (Å²) in [5.74, 6) is -1.28. The van der Waals surface area contributed by atoms with Gasteiger partial charge in [-0.15, -0.1) is 6.58 Å². The van der Waals surface area contributed by atoms with Gasteiger partial charge in [0.15, 0.2) is 0 Å². The van der Waals surface area contributed by atoms with Gasteiger partial charge in [0.2, 0.25) is 0 Å². The first-order valence-electron chi connectivity index (χ1n) is 4.95. The average Bonchev–Trinajstić information content (AvgIpc) is 2.21. The number of rotatable bonds is 4. The molecule has 0 saturated carbocycles. The normalized spacial score (nSPS) is 11.9. The van der Waals surface area contributed by atoms with Gasteiger partial charge in [-0.2, -0.15) is 0 Å². The zero-order chi connectivity index (χ0) is 12.1. The van der Waals surface area contributed by atoms with Crippen LogP contribution in [0.5, 0.6) is 5.75 Å². The minimum atomic E-state index is -0.556. The van der Waals surface area contributed by atoms with Crippen LogP contribution in [0.2, 0.25) is 0 Å². The standard InChI is InChI=1S/C12H14FNO2/c1-3-4-8(2)14-12(16)10-7-9(13)5-6-11(10)15/h3,5-8,15H,1,4H2,2H3,(H,14,16). The molecule has 4 heteroatoms. The quantitative estimate of drug-likeness (QED) is 0.769. The van der Waals surface area contributed by atoms with Gasteiger partial charge in [-0.1, -0.05) is 6.08 Å². The Hall–Kier alpha value is -1.84. The van der Waals surface area contributed by atoms with Crippen LogP contribution in [0, 0.1) is 5.82 Å². The molecule has 86 valence electrons. The van der Waals surface area contributed by atoms with Crippen LogP contribution < -0.4 is 5.32 Å². The highest BCUT2D eigenvalue weighted by Gasteiger charge is 2.13. The summed E-state index contributed by atoms with van der Waals surface area (Å²) in [4.78, 5) is 11.6. The van der Waals surface area contributed by atoms with E-state index in [1.54, 1.807) is 13.0 Å². The number of nitrogens with one attached hydrogen (secondary N) is 1. The summed E-state index contributed by atoms with van der Waals surface area (Å²) in [5.41, 5.74) is -0.0593. The highest BCUT2D eigenvalue weighted by atomic mass is 19.1. The lowest BCUT2D eigenvalue weighted by Crippen LogP contribution is -2.32. The lowest BCUT2D eigenvalue weighted by atomic mass is 10.1. The second-order valence-electron chi connectivity index (χ2n) is 3.56. The van der Waals surface area contributed by atoms with Crippen LogP contribution in [0.1, 0.15) is 23.7 Å². The highest BCUT2D eigenvalue weighted by molar-refractivity contribution is 5.96. The lowest BCUT2D eigenvalue weighted by molar-refractivity contribution is 0.0937. The van der Waals surface area contributed by atoms with Gasteiger partial charge in [-0.25, -0.2) is 4.39 Å². The number of aromatic hydroxyl groups is 1. The van der Waals surface area contributed by atoms with Crippen LogP contribution >= 0.6 is 0 Å². The predicted octanol–water partition coefficient (Wildman–Crippen LogP) is 2.23. The molecule has 0 radical (unpaired) electrons. The SMILES string of the molecule is C=CCC(C)NC(=O)c1cc(F)ccc1O. The molecule has 0 aromatic heterocycles. The van der Waals surface area contributed by atoms with Gasteiger partial charge in [-0.05, 0) is 31.5 Å². The molecule has 0 aliphatic heterocycles. The smallest absolute Gasteiger partial charge is 0.255 e. The van der Waals surface area contributed by atoms with Crippen LogP contribution in [0.15, 0.2) is 30.9 Å². The minimum absolute atomic E-state index is 0.0593. The van der Waals surface area contributed by atoms with Crippen molar-refractivity contribution in [2.75, 3.05) is 0 Å². The summed E-state index contributed by atoms with van der Waals surface area (Å²) in [5, 5.41) is 12.0. The molecule has 0 bridgehead atoms. The molecule has 16 heavy (non-hydrogen) atoms. The van der Waals surface area contributed by atoms with E-state index in [1.165, 1.54) is 0 Å². The molecule has 0 saturated heterocycles. The minimum Gasteiger partial charge on any atom is -0.507 e. The van der Waals surface area contributed by atoms with Crippen LogP contribution in [-0.2, 0) is 0 Å². The number of halogens is 1. The van der Waals surface area contributed by atoms with E-state index in [0.717, 1.165) is 18.2 Å². The maximum Gasteiger partial charge on any atom is 0.255 e. The Morgan fingerprint density at radius 2 is 2.38 bits per heavy atom. The second-order valence-corrected chi connectivity index (χ2v) is 3.56. The van der Waals surface area contributed by atoms with Crippen LogP contribution in [0.4, 0.5) is 4.39 Å². The molecule has 1 aromatic carbocycles. The molecule has 0 aliphatic rings. The van der Waals surface area contributed by atoms with Crippen LogP contribution in [0.25, 0.3) is 0 Å². The van der Waals surface area contributed by atoms with E-state index >= 15 is 0 Å². The Morgan fingerprint density at radius 1 is 1.69 bits per heavy atom. The van der Waals surface area contributed by atoms with Crippen molar-refractivity contribution in [1.29, 1.82) is 0 Å². The van der Waals surface area contributed by atoms with E-state index in [1.807, 2.05) is 0 Å². The molecule has 0 fully saturated rings. The molecule has 1 atom stereocenters. The first kappa shape index (κ1) is 12.2. The molecule has 0 aliphatic carbocycles. The Bertz CT molecular complexity index is 404. The van der Waals surface area contributed by atoms with Crippen molar-refractivity contribution in [3.05, 3.63) is 42.2 Å². The fraction of sp³-hybridized carbons (Fsp3) is 0.250. The monoisotopic (exact) mass is 223 g/mol. The Balaban J connectivity index is 2.80. The van der Waals surface area contributed by atoms with E-state index in [0.29, 0.717) is 6.42 Å².